The van der Waals surface area contributed by atoms with Crippen LogP contribution in [0.25, 0.3) is 10.2 Å². The summed E-state index contributed by atoms with van der Waals surface area (Å²) in [4.78, 5) is 33.3. The van der Waals surface area contributed by atoms with E-state index in [0.29, 0.717) is 16.1 Å². The van der Waals surface area contributed by atoms with Gasteiger partial charge in [-0.2, -0.15) is 0 Å². The van der Waals surface area contributed by atoms with E-state index in [9.17, 15) is 14.0 Å². The van der Waals surface area contributed by atoms with E-state index in [1.165, 1.54) is 29.5 Å². The molecule has 29 heavy (non-hydrogen) atoms. The summed E-state index contributed by atoms with van der Waals surface area (Å²) < 4.78 is 23.7. The van der Waals surface area contributed by atoms with Gasteiger partial charge in [-0.3, -0.25) is 4.79 Å². The minimum Gasteiger partial charge on any atom is -0.479 e. The lowest BCUT2D eigenvalue weighted by atomic mass is 9.98. The van der Waals surface area contributed by atoms with Crippen LogP contribution in [0.2, 0.25) is 0 Å². The number of esters is 1. The highest BCUT2D eigenvalue weighted by Gasteiger charge is 2.17. The number of hydrogen-bond donors (Lipinski definition) is 1. The van der Waals surface area contributed by atoms with Crippen molar-refractivity contribution in [1.82, 2.24) is 9.97 Å². The van der Waals surface area contributed by atoms with Gasteiger partial charge in [0.15, 0.2) is 18.2 Å². The van der Waals surface area contributed by atoms with E-state index in [4.69, 9.17) is 9.47 Å². The zero-order valence-electron chi connectivity index (χ0n) is 16.6. The number of ether oxygens (including phenoxy) is 2. The number of rotatable bonds is 8. The highest BCUT2D eigenvalue weighted by atomic mass is 32.1. The summed E-state index contributed by atoms with van der Waals surface area (Å²) in [5.41, 5.74) is 0.807. The summed E-state index contributed by atoms with van der Waals surface area (Å²) in [5, 5.41) is 0.616. The maximum Gasteiger partial charge on any atom is 0.344 e. The Morgan fingerprint density at radius 3 is 2.83 bits per heavy atom. The van der Waals surface area contributed by atoms with Crippen molar-refractivity contribution >= 4 is 27.5 Å². The molecule has 0 aliphatic carbocycles. The van der Waals surface area contributed by atoms with Gasteiger partial charge < -0.3 is 14.5 Å². The molecule has 0 fully saturated rings. The first-order valence-electron chi connectivity index (χ1n) is 9.43. The minimum atomic E-state index is -0.684. The number of hydrogen-bond acceptors (Lipinski definition) is 6. The van der Waals surface area contributed by atoms with Gasteiger partial charge in [-0.25, -0.2) is 14.2 Å². The molecule has 1 N–H and O–H groups in total. The summed E-state index contributed by atoms with van der Waals surface area (Å²) in [6.45, 7) is 5.64. The molecule has 0 amide bonds. The molecule has 0 bridgehead atoms. The molecular weight excluding hydrogens is 395 g/mol. The van der Waals surface area contributed by atoms with Gasteiger partial charge in [0.2, 0.25) is 0 Å². The number of H-pyrrole nitrogens is 1. The molecule has 0 saturated carbocycles. The number of carbonyl (C=O) groups excluding carboxylic acids is 1. The predicted octanol–water partition coefficient (Wildman–Crippen LogP) is 4.14. The fraction of sp³-hybridized carbons (Fsp3) is 0.381. The number of aryl methyl sites for hydroxylation is 1. The van der Waals surface area contributed by atoms with Crippen molar-refractivity contribution in [3.63, 3.8) is 0 Å². The maximum absolute atomic E-state index is 13.5. The first-order valence-corrected chi connectivity index (χ1v) is 10.2. The van der Waals surface area contributed by atoms with Crippen LogP contribution in [0, 0.1) is 18.7 Å². The fourth-order valence-electron chi connectivity index (χ4n) is 2.92. The normalized spacial score (nSPS) is 12.1. The molecule has 0 aliphatic rings. The van der Waals surface area contributed by atoms with Crippen molar-refractivity contribution in [2.75, 3.05) is 6.61 Å². The van der Waals surface area contributed by atoms with Gasteiger partial charge >= 0.3 is 5.97 Å². The van der Waals surface area contributed by atoms with Gasteiger partial charge in [0.1, 0.15) is 17.3 Å². The van der Waals surface area contributed by atoms with Crippen molar-refractivity contribution in [3.8, 4) is 5.75 Å². The van der Waals surface area contributed by atoms with Crippen LogP contribution in [0.1, 0.15) is 36.5 Å². The zero-order chi connectivity index (χ0) is 21.0. The quantitative estimate of drug-likeness (QED) is 0.556. The van der Waals surface area contributed by atoms with Crippen molar-refractivity contribution in [2.45, 2.75) is 40.2 Å². The number of aromatic nitrogens is 2. The minimum absolute atomic E-state index is 0.0275. The van der Waals surface area contributed by atoms with E-state index in [-0.39, 0.29) is 23.7 Å². The van der Waals surface area contributed by atoms with Crippen molar-refractivity contribution in [1.29, 1.82) is 0 Å². The molecule has 8 heteroatoms. The molecule has 2 aromatic heterocycles. The smallest absolute Gasteiger partial charge is 0.344 e. The number of fused-ring (bicyclic) bond motifs is 1. The molecule has 1 atom stereocenters. The molecule has 154 valence electrons. The number of thiophene rings is 1. The predicted molar refractivity (Wildman–Crippen MR) is 110 cm³/mol. The molecule has 0 spiro atoms. The number of nitrogens with zero attached hydrogens (tertiary/aromatic N) is 1. The van der Waals surface area contributed by atoms with Crippen LogP contribution in [0.15, 0.2) is 29.1 Å². The lowest BCUT2D eigenvalue weighted by molar-refractivity contribution is -0.147. The van der Waals surface area contributed by atoms with E-state index < -0.39 is 18.4 Å². The second-order valence-electron chi connectivity index (χ2n) is 6.93. The van der Waals surface area contributed by atoms with Crippen LogP contribution in [-0.4, -0.2) is 22.5 Å². The third-order valence-corrected chi connectivity index (χ3v) is 5.75. The molecule has 1 aromatic carbocycles. The largest absolute Gasteiger partial charge is 0.479 e. The van der Waals surface area contributed by atoms with E-state index in [1.54, 1.807) is 6.07 Å². The van der Waals surface area contributed by atoms with Crippen LogP contribution in [-0.2, 0) is 22.6 Å². The van der Waals surface area contributed by atoms with Gasteiger partial charge in [0.25, 0.3) is 5.56 Å². The van der Waals surface area contributed by atoms with E-state index in [1.807, 2.05) is 6.92 Å². The van der Waals surface area contributed by atoms with Crippen LogP contribution >= 0.6 is 11.3 Å². The average Bonchev–Trinajstić information content (AvgIpc) is 3.01. The fourth-order valence-corrected chi connectivity index (χ4v) is 3.99. The van der Waals surface area contributed by atoms with Crippen LogP contribution in [0.3, 0.4) is 0 Å². The number of halogens is 1. The number of aromatic amines is 1. The lowest BCUT2D eigenvalue weighted by Gasteiger charge is -2.09. The zero-order valence-corrected chi connectivity index (χ0v) is 17.4. The second kappa shape index (κ2) is 9.17. The Morgan fingerprint density at radius 2 is 2.10 bits per heavy atom. The van der Waals surface area contributed by atoms with Crippen molar-refractivity contribution in [3.05, 3.63) is 56.7 Å². The van der Waals surface area contributed by atoms with E-state index in [0.717, 1.165) is 23.3 Å². The van der Waals surface area contributed by atoms with Gasteiger partial charge in [-0.1, -0.05) is 32.4 Å². The second-order valence-corrected chi connectivity index (χ2v) is 8.13. The molecule has 2 heterocycles. The lowest BCUT2D eigenvalue weighted by Crippen LogP contribution is -2.18. The Balaban J connectivity index is 1.67. The van der Waals surface area contributed by atoms with Crippen LogP contribution in [0.4, 0.5) is 4.39 Å². The summed E-state index contributed by atoms with van der Waals surface area (Å²) in [7, 11) is 0. The van der Waals surface area contributed by atoms with Gasteiger partial charge in [0, 0.05) is 4.88 Å². The monoisotopic (exact) mass is 418 g/mol. The summed E-state index contributed by atoms with van der Waals surface area (Å²) in [6.07, 6.45) is 1.86. The first-order chi connectivity index (χ1) is 13.9. The van der Waals surface area contributed by atoms with Crippen LogP contribution < -0.4 is 10.3 Å². The number of carbonyl (C=O) groups is 1. The highest BCUT2D eigenvalue weighted by molar-refractivity contribution is 7.18. The molecule has 0 unspecified atom stereocenters. The maximum atomic E-state index is 13.5. The summed E-state index contributed by atoms with van der Waals surface area (Å²) >= 11 is 1.47. The van der Waals surface area contributed by atoms with Crippen molar-refractivity contribution in [2.24, 2.45) is 5.92 Å². The van der Waals surface area contributed by atoms with Gasteiger partial charge in [-0.15, -0.1) is 11.3 Å². The Morgan fingerprint density at radius 1 is 1.34 bits per heavy atom. The Labute approximate surface area is 171 Å². The average molecular weight is 418 g/mol. The van der Waals surface area contributed by atoms with Gasteiger partial charge in [0.05, 0.1) is 5.39 Å². The van der Waals surface area contributed by atoms with E-state index in [2.05, 4.69) is 23.8 Å². The van der Waals surface area contributed by atoms with Gasteiger partial charge in [-0.05, 0) is 37.0 Å². The third kappa shape index (κ3) is 5.00. The SMILES string of the molecule is CC[C@@H](C)Cc1c(C)sc2nc(COC(=O)COc3ccccc3F)[nH]c(=O)c12. The first kappa shape index (κ1) is 21.0. The highest BCUT2D eigenvalue weighted by Crippen LogP contribution is 2.29. The number of para-hydroxylation sites is 1. The Kier molecular flexibility index (Phi) is 6.64. The molecule has 3 aromatic rings. The standard InChI is InChI=1S/C21H23FN2O4S/c1-4-12(2)9-14-13(3)29-21-19(14)20(26)23-17(24-21)10-28-18(25)11-27-16-8-6-5-7-15(16)22/h5-8,12H,4,9-11H2,1-3H3,(H,23,24,26)/t12-/m1/s1. The number of nitrogens with one attached hydrogen (secondary N) is 1. The molecular formula is C21H23FN2O4S. The molecule has 0 saturated heterocycles. The summed E-state index contributed by atoms with van der Waals surface area (Å²) in [5.74, 6) is -0.534. The Bertz CT molecular complexity index is 1080. The van der Waals surface area contributed by atoms with Crippen LogP contribution in [0.5, 0.6) is 5.75 Å². The number of benzene rings is 1. The molecule has 0 aliphatic heterocycles. The van der Waals surface area contributed by atoms with Crippen molar-refractivity contribution < 1.29 is 18.7 Å². The molecule has 3 rings (SSSR count). The summed E-state index contributed by atoms with van der Waals surface area (Å²) in [6, 6.07) is 5.79. The molecule has 0 radical (unpaired) electrons. The Hall–Kier alpha value is -2.74. The topological polar surface area (TPSA) is 81.3 Å². The van der Waals surface area contributed by atoms with E-state index >= 15 is 0 Å². The molecule has 6 nitrogen and oxygen atoms in total. The third-order valence-electron chi connectivity index (χ3n) is 4.71.